The molecule has 6 atom stereocenters. The Bertz CT molecular complexity index is 1880. The fraction of sp³-hybridized carbons (Fsp3) is 0.289. The molecule has 9 heteroatoms. The lowest BCUT2D eigenvalue weighted by atomic mass is 9.44. The highest BCUT2D eigenvalue weighted by Crippen LogP contribution is 2.64. The number of hydrogen-bond acceptors (Lipinski definition) is 6. The first-order valence-electron chi connectivity index (χ1n) is 15.8. The maximum Gasteiger partial charge on any atom is 0.303 e. The van der Waals surface area contributed by atoms with E-state index in [1.807, 2.05) is 6.08 Å². The summed E-state index contributed by atoms with van der Waals surface area (Å²) in [5, 5.41) is 20.4. The van der Waals surface area contributed by atoms with Gasteiger partial charge in [0.2, 0.25) is 11.8 Å². The molecule has 2 amide bonds. The highest BCUT2D eigenvalue weighted by Gasteiger charge is 2.66. The topological polar surface area (TPSA) is 129 Å². The van der Waals surface area contributed by atoms with Gasteiger partial charge >= 0.3 is 5.97 Å². The molecular formula is C38H32FNO7. The standard InChI is InChI=1S/C38H32FNO7/c39-29-14-7-13-25(35(29)45)33-23-16-17-24-32(37(47)40(36(24)46)18-8-15-31(42)43)27(23)19-28-34(44)26(21-9-3-1-4-10-21)20-30(41)38(28,33)22-11-5-2-6-12-22/h1-7,9-14,16,20,24,27-28,32-33,45H,8,15,17-19H2,(H,42,43)/t24-,27+,28-,32-,33+,38-/m0/s1. The minimum absolute atomic E-state index is 0.0389. The van der Waals surface area contributed by atoms with Gasteiger partial charge in [-0.05, 0) is 48.4 Å². The fourth-order valence-corrected chi connectivity index (χ4v) is 8.66. The molecule has 1 aliphatic heterocycles. The van der Waals surface area contributed by atoms with Crippen LogP contribution in [0.1, 0.15) is 48.3 Å². The van der Waals surface area contributed by atoms with Gasteiger partial charge in [-0.25, -0.2) is 4.39 Å². The number of phenolic OH excluding ortho intramolecular Hbond substituents is 1. The highest BCUT2D eigenvalue weighted by molar-refractivity contribution is 6.31. The van der Waals surface area contributed by atoms with E-state index < -0.39 is 58.4 Å². The molecule has 3 aliphatic carbocycles. The van der Waals surface area contributed by atoms with Crippen molar-refractivity contribution in [2.75, 3.05) is 6.54 Å². The van der Waals surface area contributed by atoms with Gasteiger partial charge in [-0.2, -0.15) is 0 Å². The summed E-state index contributed by atoms with van der Waals surface area (Å²) in [5.74, 6) is -8.35. The van der Waals surface area contributed by atoms with Crippen LogP contribution in [0.15, 0.2) is 96.6 Å². The zero-order valence-electron chi connectivity index (χ0n) is 25.3. The molecule has 47 heavy (non-hydrogen) atoms. The molecular weight excluding hydrogens is 601 g/mol. The van der Waals surface area contributed by atoms with Crippen molar-refractivity contribution in [3.63, 3.8) is 0 Å². The summed E-state index contributed by atoms with van der Waals surface area (Å²) >= 11 is 0. The first kappa shape index (κ1) is 30.5. The van der Waals surface area contributed by atoms with Crippen LogP contribution < -0.4 is 0 Å². The Kier molecular flexibility index (Phi) is 7.50. The number of para-hydroxylation sites is 1. The molecule has 8 nitrogen and oxygen atoms in total. The van der Waals surface area contributed by atoms with E-state index in [4.69, 9.17) is 5.11 Å². The molecule has 0 radical (unpaired) electrons. The number of halogens is 1. The van der Waals surface area contributed by atoms with E-state index in [1.165, 1.54) is 12.1 Å². The van der Waals surface area contributed by atoms with Crippen molar-refractivity contribution in [3.05, 3.63) is 119 Å². The Morgan fingerprint density at radius 2 is 1.60 bits per heavy atom. The first-order chi connectivity index (χ1) is 22.7. The number of aromatic hydroxyl groups is 1. The molecule has 1 saturated carbocycles. The summed E-state index contributed by atoms with van der Waals surface area (Å²) in [6.45, 7) is -0.0389. The number of allylic oxidation sites excluding steroid dienone is 4. The van der Waals surface area contributed by atoms with Gasteiger partial charge in [-0.15, -0.1) is 0 Å². The Hall–Kier alpha value is -5.18. The predicted octanol–water partition coefficient (Wildman–Crippen LogP) is 5.22. The number of carboxylic acid groups (broad SMARTS) is 1. The number of carbonyl (C=O) groups is 5. The lowest BCUT2D eigenvalue weighted by Gasteiger charge is -2.55. The molecule has 0 bridgehead atoms. The van der Waals surface area contributed by atoms with Crippen LogP contribution >= 0.6 is 0 Å². The normalized spacial score (nSPS) is 28.3. The Labute approximate surface area is 270 Å². The number of imide groups is 1. The van der Waals surface area contributed by atoms with E-state index in [9.17, 15) is 29.1 Å². The Balaban J connectivity index is 1.45. The van der Waals surface area contributed by atoms with Gasteiger partial charge in [0, 0.05) is 35.9 Å². The molecule has 4 aliphatic rings. The summed E-state index contributed by atoms with van der Waals surface area (Å²) in [6.07, 6.45) is 3.35. The van der Waals surface area contributed by atoms with Crippen molar-refractivity contribution < 1.29 is 38.6 Å². The van der Waals surface area contributed by atoms with E-state index in [1.54, 1.807) is 66.7 Å². The average molecular weight is 634 g/mol. The molecule has 3 aromatic rings. The molecule has 238 valence electrons. The quantitative estimate of drug-likeness (QED) is 0.270. The zero-order chi connectivity index (χ0) is 33.0. The number of fused-ring (bicyclic) bond motifs is 4. The number of phenols is 1. The average Bonchev–Trinajstić information content (AvgIpc) is 3.32. The van der Waals surface area contributed by atoms with Gasteiger partial charge in [-0.3, -0.25) is 28.9 Å². The van der Waals surface area contributed by atoms with Crippen LogP contribution in [-0.4, -0.2) is 51.0 Å². The highest BCUT2D eigenvalue weighted by atomic mass is 19.1. The SMILES string of the molecule is O=C(O)CCCN1C(=O)[C@H]2[C@H](CC=C3[C@H]2C[C@H]2C(=O)C(c4ccccc4)=CC(=O)[C@@]2(c2ccccc2)[C@H]3c2cccc(F)c2O)C1=O. The summed E-state index contributed by atoms with van der Waals surface area (Å²) in [6, 6.07) is 21.8. The number of hydrogen-bond donors (Lipinski definition) is 2. The van der Waals surface area contributed by atoms with Gasteiger partial charge < -0.3 is 10.2 Å². The van der Waals surface area contributed by atoms with Crippen molar-refractivity contribution in [3.8, 4) is 5.75 Å². The number of likely N-dealkylation sites (tertiary alicyclic amines) is 1. The number of Topliss-reactive ketones (excluding diaryl/α,β-unsaturated/α-hetero) is 1. The smallest absolute Gasteiger partial charge is 0.303 e. The van der Waals surface area contributed by atoms with E-state index in [2.05, 4.69) is 0 Å². The van der Waals surface area contributed by atoms with E-state index in [0.717, 1.165) is 11.0 Å². The first-order valence-corrected chi connectivity index (χ1v) is 15.8. The van der Waals surface area contributed by atoms with Crippen molar-refractivity contribution in [1.82, 2.24) is 4.90 Å². The Morgan fingerprint density at radius 3 is 2.30 bits per heavy atom. The molecule has 0 unspecified atom stereocenters. The third kappa shape index (κ3) is 4.59. The summed E-state index contributed by atoms with van der Waals surface area (Å²) in [4.78, 5) is 69.6. The van der Waals surface area contributed by atoms with Gasteiger partial charge in [0.15, 0.2) is 23.1 Å². The maximum absolute atomic E-state index is 15.1. The van der Waals surface area contributed by atoms with Crippen LogP contribution in [0, 0.1) is 29.5 Å². The second kappa shape index (κ2) is 11.6. The number of nitrogens with zero attached hydrogens (tertiary/aromatic N) is 1. The third-order valence-electron chi connectivity index (χ3n) is 10.6. The van der Waals surface area contributed by atoms with Crippen molar-refractivity contribution in [2.45, 2.75) is 37.0 Å². The Morgan fingerprint density at radius 1 is 0.894 bits per heavy atom. The summed E-state index contributed by atoms with van der Waals surface area (Å²) in [5.41, 5.74) is 0.491. The molecule has 3 aromatic carbocycles. The minimum Gasteiger partial charge on any atom is -0.505 e. The molecule has 7 rings (SSSR count). The molecule has 2 N–H and O–H groups in total. The van der Waals surface area contributed by atoms with Crippen LogP contribution in [0.4, 0.5) is 4.39 Å². The monoisotopic (exact) mass is 633 g/mol. The second-order valence-corrected chi connectivity index (χ2v) is 12.8. The number of aliphatic carboxylic acids is 1. The zero-order valence-corrected chi connectivity index (χ0v) is 25.3. The lowest BCUT2D eigenvalue weighted by molar-refractivity contribution is -0.142. The lowest BCUT2D eigenvalue weighted by Crippen LogP contribution is -2.58. The number of rotatable bonds is 7. The van der Waals surface area contributed by atoms with E-state index >= 15 is 4.39 Å². The molecule has 2 fully saturated rings. The number of carbonyl (C=O) groups excluding carboxylic acids is 4. The number of amides is 2. The molecule has 0 aromatic heterocycles. The van der Waals surface area contributed by atoms with Crippen molar-refractivity contribution >= 4 is 34.9 Å². The van der Waals surface area contributed by atoms with Crippen LogP contribution in [0.25, 0.3) is 5.57 Å². The van der Waals surface area contributed by atoms with Crippen LogP contribution in [0.3, 0.4) is 0 Å². The van der Waals surface area contributed by atoms with Gasteiger partial charge in [0.1, 0.15) is 0 Å². The van der Waals surface area contributed by atoms with E-state index in [-0.39, 0.29) is 60.8 Å². The van der Waals surface area contributed by atoms with Crippen molar-refractivity contribution in [2.24, 2.45) is 23.7 Å². The third-order valence-corrected chi connectivity index (χ3v) is 10.6. The fourth-order valence-electron chi connectivity index (χ4n) is 8.66. The van der Waals surface area contributed by atoms with E-state index in [0.29, 0.717) is 16.7 Å². The van der Waals surface area contributed by atoms with Gasteiger partial charge in [0.05, 0.1) is 17.3 Å². The minimum atomic E-state index is -1.58. The largest absolute Gasteiger partial charge is 0.505 e. The van der Waals surface area contributed by atoms with Crippen LogP contribution in [-0.2, 0) is 29.4 Å². The maximum atomic E-state index is 15.1. The van der Waals surface area contributed by atoms with Crippen LogP contribution in [0.2, 0.25) is 0 Å². The predicted molar refractivity (Wildman–Crippen MR) is 168 cm³/mol. The second-order valence-electron chi connectivity index (χ2n) is 12.8. The van der Waals surface area contributed by atoms with Crippen molar-refractivity contribution in [1.29, 1.82) is 0 Å². The van der Waals surface area contributed by atoms with Gasteiger partial charge in [0.25, 0.3) is 0 Å². The molecule has 1 heterocycles. The summed E-state index contributed by atoms with van der Waals surface area (Å²) in [7, 11) is 0. The molecule has 0 spiro atoms. The number of carboxylic acids is 1. The number of benzene rings is 3. The summed E-state index contributed by atoms with van der Waals surface area (Å²) < 4.78 is 15.1. The van der Waals surface area contributed by atoms with Gasteiger partial charge in [-0.1, -0.05) is 84.4 Å². The number of ketones is 2. The molecule has 1 saturated heterocycles. The van der Waals surface area contributed by atoms with Crippen LogP contribution in [0.5, 0.6) is 5.75 Å².